The normalized spacial score (nSPS) is 11.1. The first-order chi connectivity index (χ1) is 8.02. The molecule has 0 saturated carbocycles. The summed E-state index contributed by atoms with van der Waals surface area (Å²) in [4.78, 5) is 4.57. The molecule has 0 radical (unpaired) electrons. The van der Waals surface area contributed by atoms with Gasteiger partial charge in [-0.3, -0.25) is 4.98 Å². The molecule has 0 amide bonds. The quantitative estimate of drug-likeness (QED) is 0.886. The highest BCUT2D eigenvalue weighted by Gasteiger charge is 2.10. The third-order valence-corrected chi connectivity index (χ3v) is 3.02. The molecule has 2 aromatic rings. The predicted octanol–water partition coefficient (Wildman–Crippen LogP) is 3.60. The van der Waals surface area contributed by atoms with E-state index in [9.17, 15) is 0 Å². The summed E-state index contributed by atoms with van der Waals surface area (Å²) in [7, 11) is 1.59. The number of fused-ring (bicyclic) bond motifs is 1. The fourth-order valence-electron chi connectivity index (χ4n) is 1.73. The summed E-state index contributed by atoms with van der Waals surface area (Å²) in [6.07, 6.45) is 0. The summed E-state index contributed by atoms with van der Waals surface area (Å²) < 4.78 is 5.18. The van der Waals surface area contributed by atoms with Crippen LogP contribution in [-0.2, 0) is 0 Å². The fourth-order valence-corrected chi connectivity index (χ4v) is 1.97. The standard InChI is InChI=1S/C13H15ClN2O/c1-7(2)11-5-10(15)8-4-9(14)13(17-3)6-12(8)16-11/h4-7H,1-3H3,(H2,15,16). The maximum atomic E-state index is 6.07. The van der Waals surface area contributed by atoms with Gasteiger partial charge in [-0.1, -0.05) is 25.4 Å². The lowest BCUT2D eigenvalue weighted by Crippen LogP contribution is -1.98. The number of pyridine rings is 1. The molecule has 1 heterocycles. The first-order valence-corrected chi connectivity index (χ1v) is 5.84. The van der Waals surface area contributed by atoms with Crippen molar-refractivity contribution >= 4 is 28.2 Å². The smallest absolute Gasteiger partial charge is 0.139 e. The molecular weight excluding hydrogens is 236 g/mol. The Morgan fingerprint density at radius 3 is 2.59 bits per heavy atom. The van der Waals surface area contributed by atoms with Crippen LogP contribution in [0.1, 0.15) is 25.5 Å². The lowest BCUT2D eigenvalue weighted by Gasteiger charge is -2.11. The highest BCUT2D eigenvalue weighted by atomic mass is 35.5. The molecule has 0 aliphatic carbocycles. The van der Waals surface area contributed by atoms with E-state index in [1.54, 1.807) is 13.2 Å². The second-order valence-electron chi connectivity index (χ2n) is 4.29. The van der Waals surface area contributed by atoms with Gasteiger partial charge >= 0.3 is 0 Å². The van der Waals surface area contributed by atoms with Crippen LogP contribution in [0.4, 0.5) is 5.69 Å². The van der Waals surface area contributed by atoms with E-state index in [4.69, 9.17) is 22.1 Å². The van der Waals surface area contributed by atoms with Crippen molar-refractivity contribution in [2.45, 2.75) is 19.8 Å². The largest absolute Gasteiger partial charge is 0.495 e. The number of benzene rings is 1. The lowest BCUT2D eigenvalue weighted by atomic mass is 10.1. The summed E-state index contributed by atoms with van der Waals surface area (Å²) in [6.45, 7) is 4.17. The van der Waals surface area contributed by atoms with Crippen molar-refractivity contribution in [2.75, 3.05) is 12.8 Å². The number of anilines is 1. The van der Waals surface area contributed by atoms with Crippen molar-refractivity contribution in [2.24, 2.45) is 0 Å². The van der Waals surface area contributed by atoms with E-state index >= 15 is 0 Å². The number of nitrogens with zero attached hydrogens (tertiary/aromatic N) is 1. The zero-order chi connectivity index (χ0) is 12.6. The SMILES string of the molecule is COc1cc2nc(C(C)C)cc(N)c2cc1Cl. The van der Waals surface area contributed by atoms with Crippen LogP contribution in [0.25, 0.3) is 10.9 Å². The maximum Gasteiger partial charge on any atom is 0.139 e. The number of rotatable bonds is 2. The minimum absolute atomic E-state index is 0.336. The Balaban J connectivity index is 2.74. The Kier molecular flexibility index (Phi) is 3.11. The van der Waals surface area contributed by atoms with Crippen LogP contribution in [0.15, 0.2) is 18.2 Å². The summed E-state index contributed by atoms with van der Waals surface area (Å²) in [6, 6.07) is 5.51. The van der Waals surface area contributed by atoms with Gasteiger partial charge in [0, 0.05) is 22.8 Å². The highest BCUT2D eigenvalue weighted by molar-refractivity contribution is 6.33. The predicted molar refractivity (Wildman–Crippen MR) is 71.8 cm³/mol. The molecule has 90 valence electrons. The third kappa shape index (κ3) is 2.15. The van der Waals surface area contributed by atoms with Gasteiger partial charge in [-0.15, -0.1) is 0 Å². The monoisotopic (exact) mass is 250 g/mol. The van der Waals surface area contributed by atoms with Gasteiger partial charge in [0.2, 0.25) is 0 Å². The van der Waals surface area contributed by atoms with E-state index in [0.717, 1.165) is 16.6 Å². The number of ether oxygens (including phenoxy) is 1. The summed E-state index contributed by atoms with van der Waals surface area (Å²) >= 11 is 6.07. The van der Waals surface area contributed by atoms with Gasteiger partial charge < -0.3 is 10.5 Å². The van der Waals surface area contributed by atoms with Crippen molar-refractivity contribution in [3.05, 3.63) is 28.9 Å². The number of aromatic nitrogens is 1. The Morgan fingerprint density at radius 1 is 1.29 bits per heavy atom. The Hall–Kier alpha value is -1.48. The molecule has 0 aliphatic rings. The van der Waals surface area contributed by atoms with E-state index in [0.29, 0.717) is 22.4 Å². The summed E-state index contributed by atoms with van der Waals surface area (Å²) in [5.41, 5.74) is 8.50. The van der Waals surface area contributed by atoms with E-state index in [-0.39, 0.29) is 0 Å². The summed E-state index contributed by atoms with van der Waals surface area (Å²) in [5.74, 6) is 0.954. The number of methoxy groups -OCH3 is 1. The fraction of sp³-hybridized carbons (Fsp3) is 0.308. The molecular formula is C13H15ClN2O. The molecule has 2 rings (SSSR count). The van der Waals surface area contributed by atoms with Crippen molar-refractivity contribution in [1.82, 2.24) is 4.98 Å². The van der Waals surface area contributed by atoms with Crippen LogP contribution in [0, 0.1) is 0 Å². The van der Waals surface area contributed by atoms with Crippen LogP contribution in [0.5, 0.6) is 5.75 Å². The van der Waals surface area contributed by atoms with E-state index in [1.807, 2.05) is 12.1 Å². The van der Waals surface area contributed by atoms with Gasteiger partial charge in [0.25, 0.3) is 0 Å². The van der Waals surface area contributed by atoms with Crippen molar-refractivity contribution < 1.29 is 4.74 Å². The van der Waals surface area contributed by atoms with Gasteiger partial charge in [0.05, 0.1) is 17.6 Å². The van der Waals surface area contributed by atoms with Gasteiger partial charge in [-0.05, 0) is 18.1 Å². The third-order valence-electron chi connectivity index (χ3n) is 2.73. The second-order valence-corrected chi connectivity index (χ2v) is 4.70. The van der Waals surface area contributed by atoms with Crippen molar-refractivity contribution in [3.63, 3.8) is 0 Å². The maximum absolute atomic E-state index is 6.07. The van der Waals surface area contributed by atoms with Gasteiger partial charge in [-0.25, -0.2) is 0 Å². The topological polar surface area (TPSA) is 48.1 Å². The van der Waals surface area contributed by atoms with Crippen LogP contribution in [-0.4, -0.2) is 12.1 Å². The minimum Gasteiger partial charge on any atom is -0.495 e. The molecule has 4 heteroatoms. The second kappa shape index (κ2) is 4.41. The summed E-state index contributed by atoms with van der Waals surface area (Å²) in [5, 5.41) is 1.41. The first kappa shape index (κ1) is 12.0. The molecule has 0 saturated heterocycles. The molecule has 0 fully saturated rings. The first-order valence-electron chi connectivity index (χ1n) is 5.46. The number of hydrogen-bond acceptors (Lipinski definition) is 3. The molecule has 17 heavy (non-hydrogen) atoms. The van der Waals surface area contributed by atoms with Crippen LogP contribution in [0.2, 0.25) is 5.02 Å². The Bertz CT molecular complexity index is 567. The molecule has 2 N–H and O–H groups in total. The Labute approximate surface area is 106 Å². The molecule has 1 aromatic carbocycles. The van der Waals surface area contributed by atoms with Crippen molar-refractivity contribution in [1.29, 1.82) is 0 Å². The van der Waals surface area contributed by atoms with Gasteiger partial charge in [-0.2, -0.15) is 0 Å². The molecule has 0 unspecified atom stereocenters. The number of nitrogens with two attached hydrogens (primary N) is 1. The highest BCUT2D eigenvalue weighted by Crippen LogP contribution is 2.32. The van der Waals surface area contributed by atoms with Gasteiger partial charge in [0.15, 0.2) is 0 Å². The molecule has 1 aromatic heterocycles. The number of nitrogen functional groups attached to an aromatic ring is 1. The zero-order valence-electron chi connectivity index (χ0n) is 10.1. The number of halogens is 1. The van der Waals surface area contributed by atoms with Gasteiger partial charge in [0.1, 0.15) is 5.75 Å². The van der Waals surface area contributed by atoms with Crippen LogP contribution >= 0.6 is 11.6 Å². The lowest BCUT2D eigenvalue weighted by molar-refractivity contribution is 0.415. The Morgan fingerprint density at radius 2 is 2.00 bits per heavy atom. The van der Waals surface area contributed by atoms with E-state index < -0.39 is 0 Å². The average molecular weight is 251 g/mol. The molecule has 0 aliphatic heterocycles. The number of hydrogen-bond donors (Lipinski definition) is 1. The van der Waals surface area contributed by atoms with Crippen LogP contribution in [0.3, 0.4) is 0 Å². The van der Waals surface area contributed by atoms with E-state index in [1.165, 1.54) is 0 Å². The molecule has 0 atom stereocenters. The van der Waals surface area contributed by atoms with Crippen molar-refractivity contribution in [3.8, 4) is 5.75 Å². The average Bonchev–Trinajstić information content (AvgIpc) is 2.29. The van der Waals surface area contributed by atoms with Crippen LogP contribution < -0.4 is 10.5 Å². The zero-order valence-corrected chi connectivity index (χ0v) is 10.9. The minimum atomic E-state index is 0.336. The molecule has 0 bridgehead atoms. The molecule has 3 nitrogen and oxygen atoms in total. The molecule has 0 spiro atoms. The van der Waals surface area contributed by atoms with E-state index in [2.05, 4.69) is 18.8 Å².